The summed E-state index contributed by atoms with van der Waals surface area (Å²) in [5.74, 6) is 0.00715. The molecule has 0 bridgehead atoms. The van der Waals surface area contributed by atoms with Crippen LogP contribution in [0.15, 0.2) is 48.5 Å². The van der Waals surface area contributed by atoms with Crippen LogP contribution in [0.25, 0.3) is 0 Å². The molecule has 2 aromatic rings. The third-order valence-corrected chi connectivity index (χ3v) is 5.53. The van der Waals surface area contributed by atoms with Crippen molar-refractivity contribution in [1.29, 1.82) is 0 Å². The Balaban J connectivity index is 1.98. The Kier molecular flexibility index (Phi) is 7.02. The molecule has 5 nitrogen and oxygen atoms in total. The molecule has 146 valence electrons. The van der Waals surface area contributed by atoms with Gasteiger partial charge in [0.2, 0.25) is 15.9 Å². The average Bonchev–Trinajstić information content (AvgIpc) is 2.57. The SMILES string of the molecule is Cc1cc(C)cc(N(CCCC(=O)N(C)Cc2ccccc2)S(C)(=O)=O)c1. The monoisotopic (exact) mass is 388 g/mol. The van der Waals surface area contributed by atoms with Gasteiger partial charge in [0.15, 0.2) is 0 Å². The Morgan fingerprint density at radius 1 is 1.00 bits per heavy atom. The van der Waals surface area contributed by atoms with Crippen LogP contribution in [0.3, 0.4) is 0 Å². The molecule has 1 amide bonds. The molecule has 0 atom stereocenters. The molecule has 0 N–H and O–H groups in total. The molecule has 0 saturated carbocycles. The minimum atomic E-state index is -3.41. The molecule has 0 radical (unpaired) electrons. The van der Waals surface area contributed by atoms with Crippen molar-refractivity contribution in [2.75, 3.05) is 24.2 Å². The minimum absolute atomic E-state index is 0.00715. The van der Waals surface area contributed by atoms with Crippen LogP contribution in [-0.2, 0) is 21.4 Å². The molecule has 2 aromatic carbocycles. The Labute approximate surface area is 162 Å². The Bertz CT molecular complexity index is 859. The third-order valence-electron chi connectivity index (χ3n) is 4.33. The van der Waals surface area contributed by atoms with Crippen molar-refractivity contribution in [1.82, 2.24) is 4.90 Å². The molecule has 0 spiro atoms. The van der Waals surface area contributed by atoms with Crippen molar-refractivity contribution >= 4 is 21.6 Å². The summed E-state index contributed by atoms with van der Waals surface area (Å²) in [6, 6.07) is 15.5. The van der Waals surface area contributed by atoms with E-state index >= 15 is 0 Å². The van der Waals surface area contributed by atoms with Crippen LogP contribution in [0.1, 0.15) is 29.5 Å². The molecule has 0 aromatic heterocycles. The van der Waals surface area contributed by atoms with Crippen LogP contribution in [0.2, 0.25) is 0 Å². The Morgan fingerprint density at radius 3 is 2.15 bits per heavy atom. The summed E-state index contributed by atoms with van der Waals surface area (Å²) in [6.45, 7) is 4.72. The van der Waals surface area contributed by atoms with E-state index in [1.54, 1.807) is 11.9 Å². The molecule has 0 aliphatic carbocycles. The maximum absolute atomic E-state index is 12.4. The summed E-state index contributed by atoms with van der Waals surface area (Å²) in [7, 11) is -1.64. The van der Waals surface area contributed by atoms with Crippen LogP contribution in [-0.4, -0.2) is 39.1 Å². The van der Waals surface area contributed by atoms with Gasteiger partial charge in [-0.1, -0.05) is 36.4 Å². The van der Waals surface area contributed by atoms with Crippen molar-refractivity contribution in [3.8, 4) is 0 Å². The van der Waals surface area contributed by atoms with Gasteiger partial charge >= 0.3 is 0 Å². The van der Waals surface area contributed by atoms with Gasteiger partial charge in [-0.15, -0.1) is 0 Å². The first-order valence-corrected chi connectivity index (χ1v) is 10.9. The summed E-state index contributed by atoms with van der Waals surface area (Å²) >= 11 is 0. The van der Waals surface area contributed by atoms with Gasteiger partial charge in [0.05, 0.1) is 11.9 Å². The first kappa shape index (κ1) is 21.0. The number of hydrogen-bond acceptors (Lipinski definition) is 3. The first-order valence-electron chi connectivity index (χ1n) is 9.01. The van der Waals surface area contributed by atoms with Crippen molar-refractivity contribution in [3.63, 3.8) is 0 Å². The number of rotatable bonds is 8. The highest BCUT2D eigenvalue weighted by Gasteiger charge is 2.19. The Hall–Kier alpha value is -2.34. The predicted octanol–water partition coefficient (Wildman–Crippen LogP) is 3.51. The summed E-state index contributed by atoms with van der Waals surface area (Å²) in [4.78, 5) is 14.1. The van der Waals surface area contributed by atoms with Gasteiger partial charge in [-0.05, 0) is 49.1 Å². The van der Waals surface area contributed by atoms with Crippen LogP contribution >= 0.6 is 0 Å². The molecule has 0 unspecified atom stereocenters. The summed E-state index contributed by atoms with van der Waals surface area (Å²) < 4.78 is 25.9. The maximum Gasteiger partial charge on any atom is 0.232 e. The molecule has 0 heterocycles. The van der Waals surface area contributed by atoms with Gasteiger partial charge in [0.25, 0.3) is 0 Å². The fourth-order valence-corrected chi connectivity index (χ4v) is 4.04. The molecule has 0 fully saturated rings. The first-order chi connectivity index (χ1) is 12.7. The van der Waals surface area contributed by atoms with E-state index in [1.807, 2.05) is 62.4 Å². The zero-order valence-corrected chi connectivity index (χ0v) is 17.3. The van der Waals surface area contributed by atoms with Crippen LogP contribution in [0.4, 0.5) is 5.69 Å². The molecule has 2 rings (SSSR count). The van der Waals surface area contributed by atoms with Gasteiger partial charge in [-0.3, -0.25) is 9.10 Å². The number of carbonyl (C=O) groups is 1. The van der Waals surface area contributed by atoms with Crippen molar-refractivity contribution in [2.24, 2.45) is 0 Å². The molecular weight excluding hydrogens is 360 g/mol. The molecule has 0 aliphatic rings. The number of benzene rings is 2. The van der Waals surface area contributed by atoms with Crippen LogP contribution < -0.4 is 4.31 Å². The number of carbonyl (C=O) groups excluding carboxylic acids is 1. The van der Waals surface area contributed by atoms with E-state index < -0.39 is 10.0 Å². The maximum atomic E-state index is 12.4. The van der Waals surface area contributed by atoms with Crippen molar-refractivity contribution < 1.29 is 13.2 Å². The standard InChI is InChI=1S/C21H28N2O3S/c1-17-13-18(2)15-20(14-17)23(27(4,25)26)12-8-11-21(24)22(3)16-19-9-6-5-7-10-19/h5-7,9-10,13-15H,8,11-12,16H2,1-4H3. The Morgan fingerprint density at radius 2 is 1.59 bits per heavy atom. The van der Waals surface area contributed by atoms with E-state index in [0.717, 1.165) is 16.7 Å². The summed E-state index contributed by atoms with van der Waals surface area (Å²) in [5.41, 5.74) is 3.75. The second kappa shape index (κ2) is 9.04. The normalized spacial score (nSPS) is 11.3. The van der Waals surface area contributed by atoms with Crippen LogP contribution in [0, 0.1) is 13.8 Å². The fourth-order valence-electron chi connectivity index (χ4n) is 3.09. The predicted molar refractivity (Wildman–Crippen MR) is 110 cm³/mol. The fraction of sp³-hybridized carbons (Fsp3) is 0.381. The van der Waals surface area contributed by atoms with E-state index in [2.05, 4.69) is 0 Å². The zero-order valence-electron chi connectivity index (χ0n) is 16.5. The van der Waals surface area contributed by atoms with E-state index in [9.17, 15) is 13.2 Å². The number of sulfonamides is 1. The molecule has 0 saturated heterocycles. The average molecular weight is 389 g/mol. The van der Waals surface area contributed by atoms with Gasteiger partial charge in [0, 0.05) is 26.6 Å². The van der Waals surface area contributed by atoms with Gasteiger partial charge in [-0.25, -0.2) is 8.42 Å². The highest BCUT2D eigenvalue weighted by atomic mass is 32.2. The second-order valence-electron chi connectivity index (χ2n) is 7.02. The molecule has 27 heavy (non-hydrogen) atoms. The largest absolute Gasteiger partial charge is 0.341 e. The van der Waals surface area contributed by atoms with E-state index in [1.165, 1.54) is 10.6 Å². The number of nitrogens with zero attached hydrogens (tertiary/aromatic N) is 2. The lowest BCUT2D eigenvalue weighted by molar-refractivity contribution is -0.130. The topological polar surface area (TPSA) is 57.7 Å². The highest BCUT2D eigenvalue weighted by Crippen LogP contribution is 2.22. The van der Waals surface area contributed by atoms with Gasteiger partial charge in [-0.2, -0.15) is 0 Å². The highest BCUT2D eigenvalue weighted by molar-refractivity contribution is 7.92. The molecular formula is C21H28N2O3S. The summed E-state index contributed by atoms with van der Waals surface area (Å²) in [6.07, 6.45) is 1.98. The lowest BCUT2D eigenvalue weighted by Gasteiger charge is -2.24. The zero-order chi connectivity index (χ0) is 20.0. The lowest BCUT2D eigenvalue weighted by Crippen LogP contribution is -2.32. The quantitative estimate of drug-likeness (QED) is 0.695. The van der Waals surface area contributed by atoms with Crippen molar-refractivity contribution in [2.45, 2.75) is 33.2 Å². The van der Waals surface area contributed by atoms with E-state index in [4.69, 9.17) is 0 Å². The second-order valence-corrected chi connectivity index (χ2v) is 8.93. The summed E-state index contributed by atoms with van der Waals surface area (Å²) in [5, 5.41) is 0. The third kappa shape index (κ3) is 6.40. The molecule has 0 aliphatic heterocycles. The number of amides is 1. The van der Waals surface area contributed by atoms with Gasteiger partial charge in [0.1, 0.15) is 0 Å². The number of hydrogen-bond donors (Lipinski definition) is 0. The number of anilines is 1. The van der Waals surface area contributed by atoms with E-state index in [0.29, 0.717) is 25.1 Å². The van der Waals surface area contributed by atoms with Gasteiger partial charge < -0.3 is 4.90 Å². The smallest absolute Gasteiger partial charge is 0.232 e. The van der Waals surface area contributed by atoms with Crippen LogP contribution in [0.5, 0.6) is 0 Å². The minimum Gasteiger partial charge on any atom is -0.341 e. The number of aryl methyl sites for hydroxylation is 2. The van der Waals surface area contributed by atoms with E-state index in [-0.39, 0.29) is 12.5 Å². The lowest BCUT2D eigenvalue weighted by atomic mass is 10.1. The van der Waals surface area contributed by atoms with Crippen molar-refractivity contribution in [3.05, 3.63) is 65.2 Å². The molecule has 6 heteroatoms.